The van der Waals surface area contributed by atoms with Gasteiger partial charge in [0.1, 0.15) is 5.54 Å². The smallest absolute Gasteiger partial charge is 0.342 e. The van der Waals surface area contributed by atoms with Gasteiger partial charge in [0.05, 0.1) is 0 Å². The Morgan fingerprint density at radius 3 is 2.06 bits per heavy atom. The van der Waals surface area contributed by atoms with Gasteiger partial charge >= 0.3 is 11.9 Å². The van der Waals surface area contributed by atoms with E-state index in [2.05, 4.69) is 0 Å². The molecule has 2 fully saturated rings. The van der Waals surface area contributed by atoms with Crippen molar-refractivity contribution in [1.82, 2.24) is 0 Å². The summed E-state index contributed by atoms with van der Waals surface area (Å²) in [5, 5.41) is 17.9. The lowest BCUT2D eigenvalue weighted by Crippen LogP contribution is -2.53. The Balaban J connectivity index is 2.46. The van der Waals surface area contributed by atoms with E-state index in [1.807, 2.05) is 0 Å². The molecular formula is C10H14FNO4. The van der Waals surface area contributed by atoms with Crippen LogP contribution in [0.2, 0.25) is 0 Å². The normalized spacial score (nSPS) is 48.5. The Morgan fingerprint density at radius 1 is 1.25 bits per heavy atom. The average Bonchev–Trinajstić information content (AvgIpc) is 2.66. The zero-order valence-corrected chi connectivity index (χ0v) is 9.03. The topological polar surface area (TPSA) is 101 Å². The van der Waals surface area contributed by atoms with Crippen molar-refractivity contribution < 1.29 is 24.2 Å². The molecule has 2 aliphatic carbocycles. The summed E-state index contributed by atoms with van der Waals surface area (Å²) < 4.78 is 14.1. The van der Waals surface area contributed by atoms with E-state index < -0.39 is 40.4 Å². The van der Waals surface area contributed by atoms with Crippen molar-refractivity contribution >= 4 is 11.9 Å². The van der Waals surface area contributed by atoms with Gasteiger partial charge in [-0.1, -0.05) is 13.8 Å². The largest absolute Gasteiger partial charge is 0.480 e. The summed E-state index contributed by atoms with van der Waals surface area (Å²) in [4.78, 5) is 21.9. The molecule has 2 rings (SSSR count). The fourth-order valence-electron chi connectivity index (χ4n) is 3.50. The summed E-state index contributed by atoms with van der Waals surface area (Å²) >= 11 is 0. The number of aliphatic carboxylic acids is 2. The fraction of sp³-hybridized carbons (Fsp3) is 0.800. The minimum absolute atomic E-state index is 0.101. The van der Waals surface area contributed by atoms with E-state index in [1.165, 1.54) is 0 Å². The van der Waals surface area contributed by atoms with Crippen LogP contribution in [0.5, 0.6) is 0 Å². The summed E-state index contributed by atoms with van der Waals surface area (Å²) in [5.41, 5.74) is 0.730. The lowest BCUT2D eigenvalue weighted by molar-refractivity contribution is -0.151. The third-order valence-electron chi connectivity index (χ3n) is 4.00. The molecule has 0 aromatic carbocycles. The zero-order valence-electron chi connectivity index (χ0n) is 9.03. The molecule has 0 aromatic rings. The Kier molecular flexibility index (Phi) is 1.81. The van der Waals surface area contributed by atoms with Gasteiger partial charge in [-0.15, -0.1) is 0 Å². The number of hydrogen-bond donors (Lipinski definition) is 3. The standard InChI is InChI=1S/C10H14FNO4/c1-8(2)3-9(12,6(13)14)5-4(8)10(5,11)7(15)16/h4-5H,3,12H2,1-2H3,(H,13,14)(H,15,16)/t4-,5+,9-,10+/m0/s1. The maximum absolute atomic E-state index is 14.1. The third kappa shape index (κ3) is 0.979. The molecule has 0 amide bonds. The SMILES string of the molecule is CC1(C)C[C@@](N)(C(=O)O)[C@H]2[C@@H]1[C@]2(F)C(=O)O. The highest BCUT2D eigenvalue weighted by Gasteiger charge is 2.86. The van der Waals surface area contributed by atoms with E-state index >= 15 is 0 Å². The molecule has 0 bridgehead atoms. The third-order valence-corrected chi connectivity index (χ3v) is 4.00. The number of fused-ring (bicyclic) bond motifs is 1. The number of hydrogen-bond acceptors (Lipinski definition) is 3. The van der Waals surface area contributed by atoms with E-state index in [-0.39, 0.29) is 6.42 Å². The summed E-state index contributed by atoms with van der Waals surface area (Å²) in [7, 11) is 0. The molecule has 5 nitrogen and oxygen atoms in total. The highest BCUT2D eigenvalue weighted by atomic mass is 19.1. The van der Waals surface area contributed by atoms with Gasteiger partial charge in [-0.3, -0.25) is 4.79 Å². The minimum atomic E-state index is -2.48. The van der Waals surface area contributed by atoms with Crippen LogP contribution in [0.15, 0.2) is 0 Å². The van der Waals surface area contributed by atoms with Gasteiger partial charge in [0.15, 0.2) is 0 Å². The first kappa shape index (κ1) is 11.3. The number of carbonyl (C=O) groups is 2. The summed E-state index contributed by atoms with van der Waals surface area (Å²) in [6, 6.07) is 0. The van der Waals surface area contributed by atoms with Crippen molar-refractivity contribution in [2.75, 3.05) is 0 Å². The van der Waals surface area contributed by atoms with Gasteiger partial charge in [-0.05, 0) is 11.8 Å². The summed E-state index contributed by atoms with van der Waals surface area (Å²) in [6.45, 7) is 3.32. The van der Waals surface area contributed by atoms with Gasteiger partial charge in [-0.25, -0.2) is 9.18 Å². The van der Waals surface area contributed by atoms with Crippen LogP contribution in [0.4, 0.5) is 4.39 Å². The molecule has 0 unspecified atom stereocenters. The van der Waals surface area contributed by atoms with Crippen molar-refractivity contribution in [1.29, 1.82) is 0 Å². The second-order valence-electron chi connectivity index (χ2n) is 5.54. The van der Waals surface area contributed by atoms with Crippen LogP contribution in [-0.2, 0) is 9.59 Å². The number of nitrogens with two attached hydrogens (primary N) is 1. The van der Waals surface area contributed by atoms with Crippen LogP contribution < -0.4 is 5.73 Å². The minimum Gasteiger partial charge on any atom is -0.480 e. The van der Waals surface area contributed by atoms with E-state index in [1.54, 1.807) is 13.8 Å². The molecule has 90 valence electrons. The number of halogens is 1. The molecular weight excluding hydrogens is 217 g/mol. The molecule has 0 heterocycles. The molecule has 0 saturated heterocycles. The zero-order chi connectivity index (χ0) is 12.5. The summed E-state index contributed by atoms with van der Waals surface area (Å²) in [5.74, 6) is -4.86. The number of carboxylic acids is 2. The maximum Gasteiger partial charge on any atom is 0.342 e. The van der Waals surface area contributed by atoms with Crippen LogP contribution in [0.1, 0.15) is 20.3 Å². The Labute approximate surface area is 91.4 Å². The Hall–Kier alpha value is -1.17. The molecule has 0 radical (unpaired) electrons. The molecule has 0 aliphatic heterocycles. The second-order valence-corrected chi connectivity index (χ2v) is 5.54. The molecule has 2 saturated carbocycles. The molecule has 16 heavy (non-hydrogen) atoms. The van der Waals surface area contributed by atoms with Crippen LogP contribution in [-0.4, -0.2) is 33.4 Å². The van der Waals surface area contributed by atoms with Crippen LogP contribution in [0, 0.1) is 17.3 Å². The quantitative estimate of drug-likeness (QED) is 0.632. The number of carboxylic acid groups (broad SMARTS) is 2. The molecule has 2 aliphatic rings. The first-order chi connectivity index (χ1) is 7.08. The molecule has 6 heteroatoms. The van der Waals surface area contributed by atoms with Crippen molar-refractivity contribution in [3.05, 3.63) is 0 Å². The van der Waals surface area contributed by atoms with E-state index in [0.717, 1.165) is 0 Å². The second kappa shape index (κ2) is 2.56. The molecule has 4 atom stereocenters. The first-order valence-electron chi connectivity index (χ1n) is 5.03. The fourth-order valence-corrected chi connectivity index (χ4v) is 3.50. The lowest BCUT2D eigenvalue weighted by atomic mass is 9.78. The van der Waals surface area contributed by atoms with Crippen molar-refractivity contribution in [3.63, 3.8) is 0 Å². The highest BCUT2D eigenvalue weighted by molar-refractivity contribution is 5.90. The van der Waals surface area contributed by atoms with E-state index in [0.29, 0.717) is 0 Å². The lowest BCUT2D eigenvalue weighted by Gasteiger charge is -2.30. The van der Waals surface area contributed by atoms with E-state index in [9.17, 15) is 14.0 Å². The predicted molar refractivity (Wildman–Crippen MR) is 51.4 cm³/mol. The monoisotopic (exact) mass is 231 g/mol. The Morgan fingerprint density at radius 2 is 1.75 bits per heavy atom. The Bertz CT molecular complexity index is 396. The van der Waals surface area contributed by atoms with Crippen LogP contribution >= 0.6 is 0 Å². The van der Waals surface area contributed by atoms with Gasteiger partial charge < -0.3 is 15.9 Å². The van der Waals surface area contributed by atoms with Gasteiger partial charge in [0.25, 0.3) is 0 Å². The van der Waals surface area contributed by atoms with Crippen LogP contribution in [0.25, 0.3) is 0 Å². The maximum atomic E-state index is 14.1. The van der Waals surface area contributed by atoms with Crippen LogP contribution in [0.3, 0.4) is 0 Å². The predicted octanol–water partition coefficient (Wildman–Crippen LogP) is 0.237. The van der Waals surface area contributed by atoms with Crippen molar-refractivity contribution in [3.8, 4) is 0 Å². The molecule has 0 aromatic heterocycles. The van der Waals surface area contributed by atoms with Crippen molar-refractivity contribution in [2.45, 2.75) is 31.5 Å². The van der Waals surface area contributed by atoms with E-state index in [4.69, 9.17) is 15.9 Å². The molecule has 0 spiro atoms. The number of alkyl halides is 1. The van der Waals surface area contributed by atoms with Crippen molar-refractivity contribution in [2.24, 2.45) is 23.0 Å². The number of rotatable bonds is 2. The summed E-state index contributed by atoms with van der Waals surface area (Å²) in [6.07, 6.45) is 0.101. The van der Waals surface area contributed by atoms with Gasteiger partial charge in [0.2, 0.25) is 5.67 Å². The molecule has 4 N–H and O–H groups in total. The average molecular weight is 231 g/mol. The highest BCUT2D eigenvalue weighted by Crippen LogP contribution is 2.73. The van der Waals surface area contributed by atoms with Gasteiger partial charge in [0, 0.05) is 11.8 Å². The van der Waals surface area contributed by atoms with Gasteiger partial charge in [-0.2, -0.15) is 0 Å². The first-order valence-corrected chi connectivity index (χ1v) is 5.03.